The Bertz CT molecular complexity index is 756. The van der Waals surface area contributed by atoms with Gasteiger partial charge in [0.05, 0.1) is 33.7 Å². The summed E-state index contributed by atoms with van der Waals surface area (Å²) in [7, 11) is 0. The molecular formula is C15H16N4OS. The fourth-order valence-corrected chi connectivity index (χ4v) is 3.00. The monoisotopic (exact) mass is 300 g/mol. The quantitative estimate of drug-likeness (QED) is 0.724. The van der Waals surface area contributed by atoms with Crippen LogP contribution in [-0.4, -0.2) is 26.5 Å². The number of aromatic nitrogens is 4. The Morgan fingerprint density at radius 3 is 3.00 bits per heavy atom. The maximum absolute atomic E-state index is 5.46. The molecule has 0 saturated heterocycles. The van der Waals surface area contributed by atoms with Crippen LogP contribution in [0.25, 0.3) is 10.2 Å². The Labute approximate surface area is 127 Å². The van der Waals surface area contributed by atoms with E-state index in [0.717, 1.165) is 33.0 Å². The minimum atomic E-state index is 0.438. The van der Waals surface area contributed by atoms with Crippen molar-refractivity contribution in [2.24, 2.45) is 0 Å². The highest BCUT2D eigenvalue weighted by molar-refractivity contribution is 7.18. The van der Waals surface area contributed by atoms with Crippen LogP contribution < -0.4 is 4.74 Å². The van der Waals surface area contributed by atoms with Gasteiger partial charge in [-0.05, 0) is 25.5 Å². The van der Waals surface area contributed by atoms with Crippen molar-refractivity contribution in [2.45, 2.75) is 26.7 Å². The standard InChI is InChI=1S/C15H16N4OS/c1-3-6-20-15-16-5-4-11(18-15)8-14-19-12-9-17-10(2)7-13(12)21-14/h4-5,7,9H,3,6,8H2,1-2H3. The van der Waals surface area contributed by atoms with E-state index in [2.05, 4.69) is 32.9 Å². The molecule has 0 fully saturated rings. The normalized spacial score (nSPS) is 11.0. The highest BCUT2D eigenvalue weighted by Crippen LogP contribution is 2.23. The summed E-state index contributed by atoms with van der Waals surface area (Å²) in [5.74, 6) is 0. The summed E-state index contributed by atoms with van der Waals surface area (Å²) in [6, 6.07) is 4.40. The highest BCUT2D eigenvalue weighted by atomic mass is 32.1. The van der Waals surface area contributed by atoms with Crippen molar-refractivity contribution in [1.82, 2.24) is 19.9 Å². The predicted molar refractivity (Wildman–Crippen MR) is 82.8 cm³/mol. The molecule has 0 unspecified atom stereocenters. The molecule has 0 aliphatic rings. The Morgan fingerprint density at radius 2 is 2.14 bits per heavy atom. The van der Waals surface area contributed by atoms with E-state index in [4.69, 9.17) is 4.74 Å². The van der Waals surface area contributed by atoms with Crippen molar-refractivity contribution >= 4 is 21.6 Å². The van der Waals surface area contributed by atoms with Crippen molar-refractivity contribution in [3.63, 3.8) is 0 Å². The lowest BCUT2D eigenvalue weighted by molar-refractivity contribution is 0.291. The van der Waals surface area contributed by atoms with Crippen LogP contribution in [0.2, 0.25) is 0 Å². The van der Waals surface area contributed by atoms with Gasteiger partial charge in [0.1, 0.15) is 0 Å². The molecule has 0 saturated carbocycles. The smallest absolute Gasteiger partial charge is 0.316 e. The summed E-state index contributed by atoms with van der Waals surface area (Å²) in [6.07, 6.45) is 5.17. The molecular weight excluding hydrogens is 284 g/mol. The number of ether oxygens (including phenoxy) is 1. The number of fused-ring (bicyclic) bond motifs is 1. The van der Waals surface area contributed by atoms with E-state index in [0.29, 0.717) is 19.0 Å². The zero-order chi connectivity index (χ0) is 14.7. The molecule has 21 heavy (non-hydrogen) atoms. The summed E-state index contributed by atoms with van der Waals surface area (Å²) in [4.78, 5) is 17.4. The maximum atomic E-state index is 5.46. The van der Waals surface area contributed by atoms with Gasteiger partial charge in [-0.3, -0.25) is 4.98 Å². The van der Waals surface area contributed by atoms with Crippen molar-refractivity contribution < 1.29 is 4.74 Å². The molecule has 3 aromatic heterocycles. The third-order valence-electron chi connectivity index (χ3n) is 2.91. The summed E-state index contributed by atoms with van der Waals surface area (Å²) in [5.41, 5.74) is 2.87. The van der Waals surface area contributed by atoms with E-state index >= 15 is 0 Å². The van der Waals surface area contributed by atoms with Crippen molar-refractivity contribution in [3.05, 3.63) is 40.9 Å². The number of thiazole rings is 1. The topological polar surface area (TPSA) is 60.8 Å². The SMILES string of the molecule is CCCOc1nccc(Cc2nc3cnc(C)cc3s2)n1. The fraction of sp³-hybridized carbons (Fsp3) is 0.333. The average Bonchev–Trinajstić information content (AvgIpc) is 2.86. The van der Waals surface area contributed by atoms with Gasteiger partial charge in [-0.1, -0.05) is 6.92 Å². The summed E-state index contributed by atoms with van der Waals surface area (Å²) in [5, 5.41) is 1.03. The molecule has 0 N–H and O–H groups in total. The maximum Gasteiger partial charge on any atom is 0.316 e. The molecule has 0 bridgehead atoms. The third-order valence-corrected chi connectivity index (χ3v) is 3.93. The van der Waals surface area contributed by atoms with Gasteiger partial charge in [-0.2, -0.15) is 4.98 Å². The Hall–Kier alpha value is -2.08. The Morgan fingerprint density at radius 1 is 1.24 bits per heavy atom. The molecule has 3 rings (SSSR count). The van der Waals surface area contributed by atoms with E-state index < -0.39 is 0 Å². The van der Waals surface area contributed by atoms with Crippen molar-refractivity contribution in [2.75, 3.05) is 6.61 Å². The van der Waals surface area contributed by atoms with E-state index in [9.17, 15) is 0 Å². The number of rotatable bonds is 5. The van der Waals surface area contributed by atoms with Crippen LogP contribution in [0.4, 0.5) is 0 Å². The predicted octanol–water partition coefficient (Wildman–Crippen LogP) is 3.17. The lowest BCUT2D eigenvalue weighted by Crippen LogP contribution is -2.02. The van der Waals surface area contributed by atoms with Crippen LogP contribution >= 0.6 is 11.3 Å². The van der Waals surface area contributed by atoms with Gasteiger partial charge in [-0.25, -0.2) is 9.97 Å². The first-order chi connectivity index (χ1) is 10.2. The van der Waals surface area contributed by atoms with E-state index in [1.165, 1.54) is 0 Å². The molecule has 108 valence electrons. The summed E-state index contributed by atoms with van der Waals surface area (Å²) >= 11 is 1.68. The van der Waals surface area contributed by atoms with E-state index in [1.807, 2.05) is 19.2 Å². The zero-order valence-electron chi connectivity index (χ0n) is 12.0. The number of hydrogen-bond donors (Lipinski definition) is 0. The third kappa shape index (κ3) is 3.33. The van der Waals surface area contributed by atoms with Gasteiger partial charge in [0.15, 0.2) is 0 Å². The minimum Gasteiger partial charge on any atom is -0.463 e. The second-order valence-electron chi connectivity index (χ2n) is 4.76. The zero-order valence-corrected chi connectivity index (χ0v) is 12.9. The fourth-order valence-electron chi connectivity index (χ4n) is 1.95. The van der Waals surface area contributed by atoms with Gasteiger partial charge >= 0.3 is 6.01 Å². The van der Waals surface area contributed by atoms with Gasteiger partial charge < -0.3 is 4.74 Å². The Balaban J connectivity index is 1.81. The number of aryl methyl sites for hydroxylation is 1. The van der Waals surface area contributed by atoms with Gasteiger partial charge in [-0.15, -0.1) is 11.3 Å². The van der Waals surface area contributed by atoms with Crippen LogP contribution in [0.3, 0.4) is 0 Å². The molecule has 0 amide bonds. The molecule has 0 aromatic carbocycles. The first-order valence-corrected chi connectivity index (χ1v) is 7.73. The molecule has 5 nitrogen and oxygen atoms in total. The Kier molecular flexibility index (Phi) is 4.06. The summed E-state index contributed by atoms with van der Waals surface area (Å²) < 4.78 is 6.62. The summed E-state index contributed by atoms with van der Waals surface area (Å²) in [6.45, 7) is 4.68. The largest absolute Gasteiger partial charge is 0.463 e. The van der Waals surface area contributed by atoms with E-state index in [-0.39, 0.29) is 0 Å². The first-order valence-electron chi connectivity index (χ1n) is 6.91. The van der Waals surface area contributed by atoms with Crippen LogP contribution in [0.1, 0.15) is 29.7 Å². The van der Waals surface area contributed by atoms with E-state index in [1.54, 1.807) is 17.5 Å². The minimum absolute atomic E-state index is 0.438. The molecule has 6 heteroatoms. The van der Waals surface area contributed by atoms with Gasteiger partial charge in [0.2, 0.25) is 0 Å². The van der Waals surface area contributed by atoms with Crippen molar-refractivity contribution in [3.8, 4) is 6.01 Å². The second-order valence-corrected chi connectivity index (χ2v) is 5.87. The lowest BCUT2D eigenvalue weighted by Gasteiger charge is -2.03. The molecule has 0 radical (unpaired) electrons. The number of nitrogens with zero attached hydrogens (tertiary/aromatic N) is 4. The molecule has 0 spiro atoms. The average molecular weight is 300 g/mol. The van der Waals surface area contributed by atoms with Crippen molar-refractivity contribution in [1.29, 1.82) is 0 Å². The van der Waals surface area contributed by atoms with Crippen LogP contribution in [-0.2, 0) is 6.42 Å². The second kappa shape index (κ2) is 6.13. The molecule has 0 aliphatic heterocycles. The van der Waals surface area contributed by atoms with Gasteiger partial charge in [0, 0.05) is 18.3 Å². The molecule has 0 atom stereocenters. The van der Waals surface area contributed by atoms with Crippen LogP contribution in [0.15, 0.2) is 24.5 Å². The molecule has 3 aromatic rings. The van der Waals surface area contributed by atoms with Crippen LogP contribution in [0.5, 0.6) is 6.01 Å². The first kappa shape index (κ1) is 13.9. The molecule has 3 heterocycles. The van der Waals surface area contributed by atoms with Crippen LogP contribution in [0, 0.1) is 6.92 Å². The number of hydrogen-bond acceptors (Lipinski definition) is 6. The highest BCUT2D eigenvalue weighted by Gasteiger charge is 2.07. The van der Waals surface area contributed by atoms with Gasteiger partial charge in [0.25, 0.3) is 0 Å². The number of pyridine rings is 1. The lowest BCUT2D eigenvalue weighted by atomic mass is 10.3. The molecule has 0 aliphatic carbocycles.